The van der Waals surface area contributed by atoms with E-state index >= 15 is 0 Å². The lowest BCUT2D eigenvalue weighted by Crippen LogP contribution is -2.30. The molecule has 0 saturated carbocycles. The van der Waals surface area contributed by atoms with E-state index in [4.69, 9.17) is 14.2 Å². The van der Waals surface area contributed by atoms with Crippen LogP contribution in [0, 0.1) is 0 Å². The fourth-order valence-electron chi connectivity index (χ4n) is 6.66. The van der Waals surface area contributed by atoms with E-state index < -0.39 is 6.10 Å². The Morgan fingerprint density at radius 2 is 0.507 bits per heavy atom. The summed E-state index contributed by atoms with van der Waals surface area (Å²) in [6.45, 7) is 6.18. The maximum atomic E-state index is 12.8. The molecule has 6 nitrogen and oxygen atoms in total. The van der Waals surface area contributed by atoms with Crippen molar-refractivity contribution in [1.82, 2.24) is 0 Å². The lowest BCUT2D eigenvalue weighted by Gasteiger charge is -2.18. The molecule has 0 aromatic rings. The molecule has 71 heavy (non-hydrogen) atoms. The Hall–Kier alpha value is -5.23. The molecule has 0 aliphatic carbocycles. The first kappa shape index (κ1) is 65.8. The topological polar surface area (TPSA) is 78.9 Å². The van der Waals surface area contributed by atoms with Crippen LogP contribution in [0.25, 0.3) is 0 Å². The van der Waals surface area contributed by atoms with Gasteiger partial charge in [-0.15, -0.1) is 0 Å². The summed E-state index contributed by atoms with van der Waals surface area (Å²) in [5.41, 5.74) is 0. The zero-order valence-electron chi connectivity index (χ0n) is 44.9. The molecule has 394 valence electrons. The smallest absolute Gasteiger partial charge is 0.306 e. The highest BCUT2D eigenvalue weighted by atomic mass is 16.6. The molecular formula is C65H98O6. The van der Waals surface area contributed by atoms with Crippen molar-refractivity contribution in [3.63, 3.8) is 0 Å². The first-order valence-corrected chi connectivity index (χ1v) is 27.6. The van der Waals surface area contributed by atoms with Crippen molar-refractivity contribution >= 4 is 17.9 Å². The number of hydrogen-bond acceptors (Lipinski definition) is 6. The molecule has 0 saturated heterocycles. The standard InChI is InChI=1S/C65H98O6/c1-4-7-10-13-16-19-22-25-28-30-32-34-37-40-43-46-49-52-55-58-64(67)70-61-62(60-69-63(66)57-54-51-48-45-42-39-36-27-24-21-18-15-12-9-6-3)71-65(68)59-56-53-50-47-44-41-38-35-33-31-29-26-23-20-17-14-11-8-5-2/h7-12,16-21,25-29,32-36,40-45,62H,4-6,13-15,22-24,30-31,37-39,46-61H2,1-3H3/b10-7-,11-8-,12-9-,19-16-,20-17-,21-18-,28-25-,29-26-,34-32-,35-33-,36-27-,43-40-,44-41-,45-42-. The first-order valence-electron chi connectivity index (χ1n) is 27.6. The molecule has 0 aromatic heterocycles. The molecule has 0 aliphatic heterocycles. The van der Waals surface area contributed by atoms with Crippen molar-refractivity contribution in [2.24, 2.45) is 0 Å². The van der Waals surface area contributed by atoms with Gasteiger partial charge in [0, 0.05) is 19.3 Å². The maximum Gasteiger partial charge on any atom is 0.306 e. The quantitative estimate of drug-likeness (QED) is 0.0262. The van der Waals surface area contributed by atoms with Crippen LogP contribution in [0.5, 0.6) is 0 Å². The van der Waals surface area contributed by atoms with Crippen LogP contribution in [-0.2, 0) is 28.6 Å². The molecule has 0 fully saturated rings. The number of carbonyl (C=O) groups is 3. The average molecular weight is 975 g/mol. The summed E-state index contributed by atoms with van der Waals surface area (Å²) in [5, 5.41) is 0. The van der Waals surface area contributed by atoms with Crippen LogP contribution >= 0.6 is 0 Å². The molecule has 0 radical (unpaired) electrons. The summed E-state index contributed by atoms with van der Waals surface area (Å²) in [6.07, 6.45) is 84.8. The second-order valence-electron chi connectivity index (χ2n) is 17.3. The van der Waals surface area contributed by atoms with Gasteiger partial charge in [0.2, 0.25) is 0 Å². The highest BCUT2D eigenvalue weighted by molar-refractivity contribution is 5.71. The number of allylic oxidation sites excluding steroid dienone is 28. The fraction of sp³-hybridized carbons (Fsp3) is 0.523. The Labute approximate surface area is 434 Å². The van der Waals surface area contributed by atoms with Crippen molar-refractivity contribution in [3.05, 3.63) is 170 Å². The third-order valence-electron chi connectivity index (χ3n) is 10.7. The third kappa shape index (κ3) is 55.6. The van der Waals surface area contributed by atoms with Gasteiger partial charge in [-0.25, -0.2) is 0 Å². The molecule has 1 atom stereocenters. The molecule has 0 aromatic carbocycles. The van der Waals surface area contributed by atoms with Crippen LogP contribution < -0.4 is 0 Å². The van der Waals surface area contributed by atoms with Gasteiger partial charge in [0.1, 0.15) is 13.2 Å². The Morgan fingerprint density at radius 1 is 0.282 bits per heavy atom. The zero-order chi connectivity index (χ0) is 51.4. The van der Waals surface area contributed by atoms with E-state index in [0.717, 1.165) is 148 Å². The summed E-state index contributed by atoms with van der Waals surface area (Å²) < 4.78 is 16.8. The molecule has 0 N–H and O–H groups in total. The van der Waals surface area contributed by atoms with Crippen LogP contribution in [0.15, 0.2) is 170 Å². The lowest BCUT2D eigenvalue weighted by molar-refractivity contribution is -0.167. The number of rotatable bonds is 47. The predicted molar refractivity (Wildman–Crippen MR) is 306 cm³/mol. The predicted octanol–water partition coefficient (Wildman–Crippen LogP) is 18.8. The van der Waals surface area contributed by atoms with Gasteiger partial charge < -0.3 is 14.2 Å². The van der Waals surface area contributed by atoms with Crippen LogP contribution in [-0.4, -0.2) is 37.2 Å². The summed E-state index contributed by atoms with van der Waals surface area (Å²) in [4.78, 5) is 38.1. The minimum absolute atomic E-state index is 0.131. The van der Waals surface area contributed by atoms with Gasteiger partial charge in [-0.3, -0.25) is 14.4 Å². The highest BCUT2D eigenvalue weighted by Crippen LogP contribution is 2.11. The molecular weight excluding hydrogens is 877 g/mol. The van der Waals surface area contributed by atoms with Crippen LogP contribution in [0.4, 0.5) is 0 Å². The Balaban J connectivity index is 4.62. The summed E-state index contributed by atoms with van der Waals surface area (Å²) >= 11 is 0. The minimum atomic E-state index is -0.837. The highest BCUT2D eigenvalue weighted by Gasteiger charge is 2.19. The summed E-state index contributed by atoms with van der Waals surface area (Å²) in [7, 11) is 0. The van der Waals surface area contributed by atoms with Gasteiger partial charge in [-0.05, 0) is 148 Å². The zero-order valence-corrected chi connectivity index (χ0v) is 44.9. The second kappa shape index (κ2) is 57.3. The number of hydrogen-bond donors (Lipinski definition) is 0. The molecule has 0 amide bonds. The van der Waals surface area contributed by atoms with Gasteiger partial charge in [-0.2, -0.15) is 0 Å². The van der Waals surface area contributed by atoms with E-state index in [-0.39, 0.29) is 44.0 Å². The fourth-order valence-corrected chi connectivity index (χ4v) is 6.66. The van der Waals surface area contributed by atoms with Crippen LogP contribution in [0.1, 0.15) is 201 Å². The molecule has 6 heteroatoms. The van der Waals surface area contributed by atoms with Crippen LogP contribution in [0.3, 0.4) is 0 Å². The van der Waals surface area contributed by atoms with Gasteiger partial charge in [0.25, 0.3) is 0 Å². The third-order valence-corrected chi connectivity index (χ3v) is 10.7. The van der Waals surface area contributed by atoms with E-state index in [1.807, 2.05) is 0 Å². The largest absolute Gasteiger partial charge is 0.462 e. The van der Waals surface area contributed by atoms with Gasteiger partial charge >= 0.3 is 17.9 Å². The summed E-state index contributed by atoms with van der Waals surface area (Å²) in [6, 6.07) is 0. The SMILES string of the molecule is CC/C=C\C/C=C\C/C=C\C/C=C\C/C=C\CCCCCC(=O)OCC(COC(=O)CCCC/C=C\C/C=C\C/C=C\C/C=C\CC)OC(=O)CCCCC/C=C\C/C=C\C/C=C\C/C=C\C/C=C\CC. The van der Waals surface area contributed by atoms with Crippen molar-refractivity contribution in [2.75, 3.05) is 13.2 Å². The van der Waals surface area contributed by atoms with Crippen LogP contribution in [0.2, 0.25) is 0 Å². The van der Waals surface area contributed by atoms with E-state index in [1.54, 1.807) is 0 Å². The molecule has 0 bridgehead atoms. The average Bonchev–Trinajstić information content (AvgIpc) is 3.37. The maximum absolute atomic E-state index is 12.8. The van der Waals surface area contributed by atoms with Crippen molar-refractivity contribution in [1.29, 1.82) is 0 Å². The molecule has 0 spiro atoms. The number of unbranched alkanes of at least 4 members (excludes halogenated alkanes) is 8. The molecule has 1 unspecified atom stereocenters. The Kier molecular flexibility index (Phi) is 53.1. The number of esters is 3. The summed E-state index contributed by atoms with van der Waals surface area (Å²) in [5.74, 6) is -1.05. The number of carbonyl (C=O) groups excluding carboxylic acids is 3. The molecule has 0 heterocycles. The minimum Gasteiger partial charge on any atom is -0.462 e. The van der Waals surface area contributed by atoms with Gasteiger partial charge in [0.05, 0.1) is 0 Å². The van der Waals surface area contributed by atoms with E-state index in [1.165, 1.54) is 0 Å². The Morgan fingerprint density at radius 3 is 0.789 bits per heavy atom. The van der Waals surface area contributed by atoms with Crippen molar-refractivity contribution in [3.8, 4) is 0 Å². The van der Waals surface area contributed by atoms with E-state index in [9.17, 15) is 14.4 Å². The number of ether oxygens (including phenoxy) is 3. The van der Waals surface area contributed by atoms with Gasteiger partial charge in [-0.1, -0.05) is 204 Å². The first-order chi connectivity index (χ1) is 35.0. The van der Waals surface area contributed by atoms with Crippen molar-refractivity contribution in [2.45, 2.75) is 207 Å². The normalized spacial score (nSPS) is 13.5. The lowest BCUT2D eigenvalue weighted by atomic mass is 10.1. The van der Waals surface area contributed by atoms with E-state index in [2.05, 4.69) is 191 Å². The monoisotopic (exact) mass is 975 g/mol. The molecule has 0 aliphatic rings. The van der Waals surface area contributed by atoms with Gasteiger partial charge in [0.15, 0.2) is 6.10 Å². The Bertz CT molecular complexity index is 1690. The molecule has 0 rings (SSSR count). The second-order valence-corrected chi connectivity index (χ2v) is 17.3. The van der Waals surface area contributed by atoms with E-state index in [0.29, 0.717) is 19.3 Å². The van der Waals surface area contributed by atoms with Crippen molar-refractivity contribution < 1.29 is 28.6 Å².